The zero-order valence-electron chi connectivity index (χ0n) is 10.1. The second-order valence-corrected chi connectivity index (χ2v) is 6.30. The summed E-state index contributed by atoms with van der Waals surface area (Å²) in [5, 5.41) is 3.89. The average molecular weight is 326 g/mol. The second kappa shape index (κ2) is 5.55. The number of rotatable bonds is 3. The molecule has 0 aliphatic heterocycles. The molecule has 0 fully saturated rings. The number of thiophene rings is 1. The largest absolute Gasteiger partial charge is 0.383 e. The Labute approximate surface area is 128 Å². The van der Waals surface area contributed by atoms with Crippen LogP contribution in [0.25, 0.3) is 10.2 Å². The topological polar surface area (TPSA) is 51.8 Å². The van der Waals surface area contributed by atoms with Gasteiger partial charge in [-0.05, 0) is 35.2 Å². The van der Waals surface area contributed by atoms with E-state index >= 15 is 0 Å². The Morgan fingerprint density at radius 1 is 1.30 bits per heavy atom. The number of thioether (sulfide) groups is 1. The van der Waals surface area contributed by atoms with Crippen molar-refractivity contribution in [3.05, 3.63) is 46.0 Å². The highest BCUT2D eigenvalue weighted by atomic mass is 35.5. The fraction of sp³-hybridized carbons (Fsp3) is 0.0769. The number of halogens is 2. The lowest BCUT2D eigenvalue weighted by atomic mass is 10.2. The third kappa shape index (κ3) is 2.72. The van der Waals surface area contributed by atoms with Gasteiger partial charge in [-0.2, -0.15) is 0 Å². The van der Waals surface area contributed by atoms with Gasteiger partial charge in [0, 0.05) is 10.8 Å². The van der Waals surface area contributed by atoms with Crippen LogP contribution < -0.4 is 5.73 Å². The Bertz CT molecular complexity index is 775. The average Bonchev–Trinajstić information content (AvgIpc) is 2.89. The molecule has 102 valence electrons. The highest BCUT2D eigenvalue weighted by molar-refractivity contribution is 7.98. The van der Waals surface area contributed by atoms with Gasteiger partial charge in [-0.15, -0.1) is 11.3 Å². The van der Waals surface area contributed by atoms with Crippen molar-refractivity contribution >= 4 is 50.7 Å². The molecule has 0 saturated carbocycles. The van der Waals surface area contributed by atoms with Crippen molar-refractivity contribution < 1.29 is 4.39 Å². The number of hydrogen-bond acceptors (Lipinski definition) is 5. The van der Waals surface area contributed by atoms with E-state index in [1.54, 1.807) is 6.07 Å². The third-order valence-corrected chi connectivity index (χ3v) is 4.77. The summed E-state index contributed by atoms with van der Waals surface area (Å²) >= 11 is 8.92. The lowest BCUT2D eigenvalue weighted by molar-refractivity contribution is 0.626. The van der Waals surface area contributed by atoms with Gasteiger partial charge >= 0.3 is 0 Å². The van der Waals surface area contributed by atoms with Gasteiger partial charge in [0.05, 0.1) is 5.39 Å². The van der Waals surface area contributed by atoms with E-state index < -0.39 is 0 Å². The molecule has 3 aromatic rings. The van der Waals surface area contributed by atoms with Gasteiger partial charge in [-0.3, -0.25) is 0 Å². The van der Waals surface area contributed by atoms with Crippen molar-refractivity contribution in [3.63, 3.8) is 0 Å². The fourth-order valence-electron chi connectivity index (χ4n) is 1.72. The first-order valence-corrected chi connectivity index (χ1v) is 7.95. The van der Waals surface area contributed by atoms with Crippen LogP contribution in [0.15, 0.2) is 34.8 Å². The van der Waals surface area contributed by atoms with Crippen molar-refractivity contribution in [3.8, 4) is 0 Å². The lowest BCUT2D eigenvalue weighted by Crippen LogP contribution is -1.95. The summed E-state index contributed by atoms with van der Waals surface area (Å²) in [6.45, 7) is 0. The molecule has 0 spiro atoms. The predicted octanol–water partition coefficient (Wildman–Crippen LogP) is 4.36. The monoisotopic (exact) mass is 325 g/mol. The number of fused-ring (bicyclic) bond motifs is 1. The molecule has 0 bridgehead atoms. The van der Waals surface area contributed by atoms with E-state index in [2.05, 4.69) is 9.97 Å². The van der Waals surface area contributed by atoms with Crippen molar-refractivity contribution in [2.24, 2.45) is 0 Å². The van der Waals surface area contributed by atoms with Gasteiger partial charge < -0.3 is 5.73 Å². The summed E-state index contributed by atoms with van der Waals surface area (Å²) in [5.41, 5.74) is 6.59. The highest BCUT2D eigenvalue weighted by Crippen LogP contribution is 2.29. The smallest absolute Gasteiger partial charge is 0.191 e. The molecule has 20 heavy (non-hydrogen) atoms. The molecule has 7 heteroatoms. The van der Waals surface area contributed by atoms with Crippen LogP contribution in [-0.4, -0.2) is 9.97 Å². The highest BCUT2D eigenvalue weighted by Gasteiger charge is 2.09. The molecular formula is C13H9ClFN3S2. The van der Waals surface area contributed by atoms with E-state index in [0.29, 0.717) is 27.3 Å². The van der Waals surface area contributed by atoms with Crippen molar-refractivity contribution in [1.82, 2.24) is 9.97 Å². The minimum absolute atomic E-state index is 0.306. The van der Waals surface area contributed by atoms with E-state index in [1.807, 2.05) is 11.4 Å². The second-order valence-electron chi connectivity index (χ2n) is 4.06. The van der Waals surface area contributed by atoms with Crippen LogP contribution in [0.5, 0.6) is 0 Å². The van der Waals surface area contributed by atoms with E-state index in [9.17, 15) is 4.39 Å². The maximum atomic E-state index is 13.2. The molecule has 0 aliphatic carbocycles. The molecule has 0 aliphatic rings. The SMILES string of the molecule is Nc1nc(SCc2cc(F)ccc2Cl)nc2sccc12. The lowest BCUT2D eigenvalue weighted by Gasteiger charge is -2.04. The Hall–Kier alpha value is -1.37. The first-order chi connectivity index (χ1) is 9.63. The molecule has 2 aromatic heterocycles. The Morgan fingerprint density at radius 2 is 2.15 bits per heavy atom. The number of benzene rings is 1. The van der Waals surface area contributed by atoms with Gasteiger partial charge in [-0.25, -0.2) is 14.4 Å². The van der Waals surface area contributed by atoms with E-state index in [4.69, 9.17) is 17.3 Å². The third-order valence-electron chi connectivity index (χ3n) is 2.70. The number of nitrogen functional groups attached to an aromatic ring is 1. The van der Waals surface area contributed by atoms with Gasteiger partial charge in [0.15, 0.2) is 5.16 Å². The molecule has 2 heterocycles. The number of nitrogens with two attached hydrogens (primary N) is 1. The summed E-state index contributed by atoms with van der Waals surface area (Å²) in [7, 11) is 0. The molecule has 0 radical (unpaired) electrons. The first-order valence-electron chi connectivity index (χ1n) is 5.71. The van der Waals surface area contributed by atoms with Crippen LogP contribution in [0, 0.1) is 5.82 Å². The number of anilines is 1. The van der Waals surface area contributed by atoms with Crippen LogP contribution in [0.2, 0.25) is 5.02 Å². The van der Waals surface area contributed by atoms with Gasteiger partial charge in [0.25, 0.3) is 0 Å². The Kier molecular flexibility index (Phi) is 3.78. The van der Waals surface area contributed by atoms with Crippen LogP contribution in [0.1, 0.15) is 5.56 Å². The number of hydrogen-bond donors (Lipinski definition) is 1. The summed E-state index contributed by atoms with van der Waals surface area (Å²) in [5.74, 6) is 0.649. The number of aromatic nitrogens is 2. The minimum atomic E-state index is -0.306. The normalized spacial score (nSPS) is 11.1. The first kappa shape index (κ1) is 13.6. The Morgan fingerprint density at radius 3 is 3.00 bits per heavy atom. The summed E-state index contributed by atoms with van der Waals surface area (Å²) in [4.78, 5) is 9.51. The molecule has 1 aromatic carbocycles. The van der Waals surface area contributed by atoms with Gasteiger partial charge in [0.2, 0.25) is 0 Å². The molecular weight excluding hydrogens is 317 g/mol. The molecule has 0 amide bonds. The summed E-state index contributed by atoms with van der Waals surface area (Å²) in [6, 6.07) is 6.20. The molecule has 3 rings (SSSR count). The van der Waals surface area contributed by atoms with Crippen LogP contribution in [0.4, 0.5) is 10.2 Å². The molecule has 0 atom stereocenters. The fourth-order valence-corrected chi connectivity index (χ4v) is 3.65. The molecule has 0 unspecified atom stereocenters. The van der Waals surface area contributed by atoms with Crippen molar-refractivity contribution in [2.75, 3.05) is 5.73 Å². The maximum absolute atomic E-state index is 13.2. The van der Waals surface area contributed by atoms with E-state index in [0.717, 1.165) is 10.2 Å². The van der Waals surface area contributed by atoms with Crippen LogP contribution in [-0.2, 0) is 5.75 Å². The van der Waals surface area contributed by atoms with E-state index in [1.165, 1.54) is 35.2 Å². The minimum Gasteiger partial charge on any atom is -0.383 e. The summed E-state index contributed by atoms with van der Waals surface area (Å²) in [6.07, 6.45) is 0. The van der Waals surface area contributed by atoms with Gasteiger partial charge in [0.1, 0.15) is 16.5 Å². The molecule has 2 N–H and O–H groups in total. The van der Waals surface area contributed by atoms with Gasteiger partial charge in [-0.1, -0.05) is 23.4 Å². The Balaban J connectivity index is 1.84. The van der Waals surface area contributed by atoms with Crippen molar-refractivity contribution in [2.45, 2.75) is 10.9 Å². The van der Waals surface area contributed by atoms with E-state index in [-0.39, 0.29) is 5.82 Å². The molecule has 3 nitrogen and oxygen atoms in total. The zero-order valence-corrected chi connectivity index (χ0v) is 12.5. The maximum Gasteiger partial charge on any atom is 0.191 e. The van der Waals surface area contributed by atoms with Crippen LogP contribution in [0.3, 0.4) is 0 Å². The predicted molar refractivity (Wildman–Crippen MR) is 82.8 cm³/mol. The summed E-state index contributed by atoms with van der Waals surface area (Å²) < 4.78 is 13.2. The zero-order chi connectivity index (χ0) is 14.1. The van der Waals surface area contributed by atoms with Crippen molar-refractivity contribution in [1.29, 1.82) is 0 Å². The number of nitrogens with zero attached hydrogens (tertiary/aromatic N) is 2. The standard InChI is InChI=1S/C13H9ClFN3S2/c14-10-2-1-8(15)5-7(10)6-20-13-17-11(16)9-3-4-19-12(9)18-13/h1-5H,6H2,(H2,16,17,18). The van der Waals surface area contributed by atoms with Crippen LogP contribution >= 0.6 is 34.7 Å². The quantitative estimate of drug-likeness (QED) is 0.574. The molecule has 0 saturated heterocycles.